The highest BCUT2D eigenvalue weighted by Gasteiger charge is 2.26. The summed E-state index contributed by atoms with van der Waals surface area (Å²) in [5.41, 5.74) is 0. The van der Waals surface area contributed by atoms with Crippen LogP contribution in [0.15, 0.2) is 34.2 Å². The zero-order valence-corrected chi connectivity index (χ0v) is 14.2. The van der Waals surface area contributed by atoms with E-state index in [1.54, 1.807) is 0 Å². The molecule has 0 atom stereocenters. The van der Waals surface area contributed by atoms with Crippen molar-refractivity contribution < 1.29 is 26.3 Å². The van der Waals surface area contributed by atoms with Crippen LogP contribution in [0, 0.1) is 0 Å². The summed E-state index contributed by atoms with van der Waals surface area (Å²) >= 11 is 0. The molecule has 1 aromatic carbocycles. The maximum Gasteiger partial charge on any atom is 0.390 e. The minimum atomic E-state index is -4.22. The van der Waals surface area contributed by atoms with Gasteiger partial charge in [0.2, 0.25) is 0 Å². The van der Waals surface area contributed by atoms with Gasteiger partial charge in [-0.1, -0.05) is 0 Å². The van der Waals surface area contributed by atoms with Crippen molar-refractivity contribution in [3.63, 3.8) is 0 Å². The lowest BCUT2D eigenvalue weighted by molar-refractivity contribution is -0.132. The number of nitrogens with one attached hydrogen (secondary N) is 2. The predicted molar refractivity (Wildman–Crippen MR) is 85.1 cm³/mol. The van der Waals surface area contributed by atoms with Crippen LogP contribution >= 0.6 is 0 Å². The van der Waals surface area contributed by atoms with Crippen LogP contribution in [0.1, 0.15) is 6.42 Å². The van der Waals surface area contributed by atoms with E-state index in [-0.39, 0.29) is 24.0 Å². The molecule has 1 aromatic rings. The fraction of sp³-hybridized carbons (Fsp3) is 0.500. The van der Waals surface area contributed by atoms with Gasteiger partial charge in [-0.2, -0.15) is 13.2 Å². The molecule has 0 unspecified atom stereocenters. The van der Waals surface area contributed by atoms with E-state index >= 15 is 0 Å². The Hall–Kier alpha value is -1.97. The van der Waals surface area contributed by atoms with Gasteiger partial charge in [0.1, 0.15) is 12.4 Å². The fourth-order valence-corrected chi connectivity index (χ4v) is 2.30. The first-order valence-electron chi connectivity index (χ1n) is 7.06. The molecule has 24 heavy (non-hydrogen) atoms. The van der Waals surface area contributed by atoms with Crippen molar-refractivity contribution in [1.29, 1.82) is 0 Å². The summed E-state index contributed by atoms with van der Waals surface area (Å²) in [6.45, 7) is 0.286. The fourth-order valence-electron chi connectivity index (χ4n) is 1.66. The van der Waals surface area contributed by atoms with E-state index in [1.165, 1.54) is 31.3 Å². The molecule has 0 aliphatic heterocycles. The molecular formula is C14H20F3N3O3S. The molecule has 0 heterocycles. The van der Waals surface area contributed by atoms with E-state index in [2.05, 4.69) is 15.6 Å². The van der Waals surface area contributed by atoms with Crippen LogP contribution in [0.25, 0.3) is 0 Å². The number of nitrogens with zero attached hydrogens (tertiary/aromatic N) is 1. The van der Waals surface area contributed by atoms with Crippen LogP contribution in [0.2, 0.25) is 0 Å². The van der Waals surface area contributed by atoms with Crippen molar-refractivity contribution >= 4 is 15.8 Å². The summed E-state index contributed by atoms with van der Waals surface area (Å²) in [7, 11) is -1.80. The van der Waals surface area contributed by atoms with Gasteiger partial charge in [0, 0.05) is 19.8 Å². The molecule has 0 radical (unpaired) electrons. The lowest BCUT2D eigenvalue weighted by Gasteiger charge is -2.13. The first-order valence-corrected chi connectivity index (χ1v) is 8.95. The third-order valence-corrected chi connectivity index (χ3v) is 3.97. The van der Waals surface area contributed by atoms with Gasteiger partial charge in [0.25, 0.3) is 0 Å². The Labute approximate surface area is 139 Å². The molecule has 0 bridgehead atoms. The number of ether oxygens (including phenoxy) is 1. The van der Waals surface area contributed by atoms with Crippen LogP contribution in [-0.4, -0.2) is 53.6 Å². The van der Waals surface area contributed by atoms with Gasteiger partial charge >= 0.3 is 6.18 Å². The Bertz CT molecular complexity index is 643. The minimum absolute atomic E-state index is 0.197. The second-order valence-corrected chi connectivity index (χ2v) is 6.90. The second-order valence-electron chi connectivity index (χ2n) is 4.88. The first-order chi connectivity index (χ1) is 11.1. The Morgan fingerprint density at radius 1 is 1.17 bits per heavy atom. The highest BCUT2D eigenvalue weighted by Crippen LogP contribution is 2.18. The lowest BCUT2D eigenvalue weighted by Crippen LogP contribution is -2.40. The van der Waals surface area contributed by atoms with Gasteiger partial charge in [-0.3, -0.25) is 4.99 Å². The van der Waals surface area contributed by atoms with E-state index in [0.717, 1.165) is 6.26 Å². The number of hydrogen-bond donors (Lipinski definition) is 2. The summed E-state index contributed by atoms with van der Waals surface area (Å²) in [5.74, 6) is 0.736. The number of halogens is 3. The summed E-state index contributed by atoms with van der Waals surface area (Å²) in [6.07, 6.45) is -4.05. The Balaban J connectivity index is 2.32. The van der Waals surface area contributed by atoms with Crippen LogP contribution in [-0.2, 0) is 9.84 Å². The van der Waals surface area contributed by atoms with Gasteiger partial charge in [-0.25, -0.2) is 8.42 Å². The van der Waals surface area contributed by atoms with Crippen LogP contribution in [0.5, 0.6) is 5.75 Å². The van der Waals surface area contributed by atoms with E-state index < -0.39 is 22.4 Å². The van der Waals surface area contributed by atoms with E-state index in [4.69, 9.17) is 4.74 Å². The summed E-state index contributed by atoms with van der Waals surface area (Å²) in [4.78, 5) is 3.99. The molecule has 0 saturated heterocycles. The summed E-state index contributed by atoms with van der Waals surface area (Å²) in [5, 5.41) is 5.36. The maximum absolute atomic E-state index is 12.0. The molecule has 0 fully saturated rings. The Morgan fingerprint density at radius 3 is 2.25 bits per heavy atom. The quantitative estimate of drug-likeness (QED) is 0.435. The SMILES string of the molecule is CN=C(NCCOc1ccc(S(C)(=O)=O)cc1)NCCC(F)(F)F. The topological polar surface area (TPSA) is 79.8 Å². The highest BCUT2D eigenvalue weighted by atomic mass is 32.2. The molecule has 0 saturated carbocycles. The predicted octanol–water partition coefficient (Wildman–Crippen LogP) is 1.59. The number of aliphatic imine (C=N–C) groups is 1. The molecular weight excluding hydrogens is 347 g/mol. The molecule has 10 heteroatoms. The van der Waals surface area contributed by atoms with Gasteiger partial charge in [-0.05, 0) is 24.3 Å². The molecule has 0 amide bonds. The number of sulfone groups is 1. The molecule has 2 N–H and O–H groups in total. The third kappa shape index (κ3) is 8.04. The molecule has 6 nitrogen and oxygen atoms in total. The van der Waals surface area contributed by atoms with Crippen molar-refractivity contribution in [2.24, 2.45) is 4.99 Å². The first kappa shape index (κ1) is 20.1. The maximum atomic E-state index is 12.0. The smallest absolute Gasteiger partial charge is 0.390 e. The Morgan fingerprint density at radius 2 is 1.75 bits per heavy atom. The van der Waals surface area contributed by atoms with Crippen molar-refractivity contribution in [3.8, 4) is 5.75 Å². The third-order valence-electron chi connectivity index (χ3n) is 2.84. The van der Waals surface area contributed by atoms with Crippen molar-refractivity contribution in [2.45, 2.75) is 17.5 Å². The standard InChI is InChI=1S/C14H20F3N3O3S/c1-18-13(19-8-7-14(15,16)17)20-9-10-23-11-3-5-12(6-4-11)24(2,21)22/h3-6H,7-10H2,1-2H3,(H2,18,19,20). The second kappa shape index (κ2) is 8.76. The number of alkyl halides is 3. The number of guanidine groups is 1. The molecule has 0 aliphatic rings. The normalized spacial score (nSPS) is 12.8. The summed E-state index contributed by atoms with van der Waals surface area (Å²) in [6, 6.07) is 5.95. The van der Waals surface area contributed by atoms with Crippen LogP contribution in [0.4, 0.5) is 13.2 Å². The van der Waals surface area contributed by atoms with E-state index in [1.807, 2.05) is 0 Å². The molecule has 0 aromatic heterocycles. The number of rotatable bonds is 7. The van der Waals surface area contributed by atoms with Gasteiger partial charge in [0.15, 0.2) is 15.8 Å². The highest BCUT2D eigenvalue weighted by molar-refractivity contribution is 7.90. The van der Waals surface area contributed by atoms with Gasteiger partial charge in [-0.15, -0.1) is 0 Å². The largest absolute Gasteiger partial charge is 0.492 e. The van der Waals surface area contributed by atoms with Crippen LogP contribution < -0.4 is 15.4 Å². The van der Waals surface area contributed by atoms with E-state index in [9.17, 15) is 21.6 Å². The zero-order valence-electron chi connectivity index (χ0n) is 13.4. The van der Waals surface area contributed by atoms with Crippen molar-refractivity contribution in [2.75, 3.05) is 33.0 Å². The molecule has 0 aliphatic carbocycles. The van der Waals surface area contributed by atoms with Crippen LogP contribution in [0.3, 0.4) is 0 Å². The van der Waals surface area contributed by atoms with E-state index in [0.29, 0.717) is 12.3 Å². The molecule has 1 rings (SSSR count). The van der Waals surface area contributed by atoms with Crippen molar-refractivity contribution in [1.82, 2.24) is 10.6 Å². The minimum Gasteiger partial charge on any atom is -0.492 e. The average Bonchev–Trinajstić information content (AvgIpc) is 2.48. The zero-order chi connectivity index (χ0) is 18.2. The van der Waals surface area contributed by atoms with Gasteiger partial charge in [0.05, 0.1) is 17.9 Å². The molecule has 136 valence electrons. The Kier molecular flexibility index (Phi) is 7.33. The number of benzene rings is 1. The lowest BCUT2D eigenvalue weighted by atomic mass is 10.3. The monoisotopic (exact) mass is 367 g/mol. The van der Waals surface area contributed by atoms with Crippen molar-refractivity contribution in [3.05, 3.63) is 24.3 Å². The molecule has 0 spiro atoms. The van der Waals surface area contributed by atoms with Gasteiger partial charge < -0.3 is 15.4 Å². The average molecular weight is 367 g/mol. The summed E-state index contributed by atoms with van der Waals surface area (Å²) < 4.78 is 64.2. The number of hydrogen-bond acceptors (Lipinski definition) is 4.